The Bertz CT molecular complexity index is 995. The van der Waals surface area contributed by atoms with Gasteiger partial charge in [0.05, 0.1) is 11.4 Å². The van der Waals surface area contributed by atoms with Gasteiger partial charge in [-0.2, -0.15) is 4.68 Å². The molecule has 0 spiro atoms. The summed E-state index contributed by atoms with van der Waals surface area (Å²) in [5, 5.41) is 21.7. The van der Waals surface area contributed by atoms with E-state index in [0.29, 0.717) is 5.75 Å². The van der Waals surface area contributed by atoms with E-state index in [-0.39, 0.29) is 0 Å². The highest BCUT2D eigenvalue weighted by Gasteiger charge is 2.14. The number of para-hydroxylation sites is 1. The lowest BCUT2D eigenvalue weighted by Gasteiger charge is -2.07. The Kier molecular flexibility index (Phi) is 5.24. The van der Waals surface area contributed by atoms with Crippen molar-refractivity contribution >= 4 is 11.8 Å². The summed E-state index contributed by atoms with van der Waals surface area (Å²) >= 11 is 1.60. The minimum atomic E-state index is 0.616. The summed E-state index contributed by atoms with van der Waals surface area (Å²) in [7, 11) is 0. The molecule has 0 N–H and O–H groups in total. The van der Waals surface area contributed by atoms with Gasteiger partial charge in [0, 0.05) is 13.0 Å². The van der Waals surface area contributed by atoms with Gasteiger partial charge in [0.1, 0.15) is 5.82 Å². The van der Waals surface area contributed by atoms with E-state index in [0.717, 1.165) is 35.5 Å². The van der Waals surface area contributed by atoms with E-state index in [2.05, 4.69) is 49.3 Å². The standard InChI is InChI=1S/C19H19N7S/c1-2-25-17(13-15-9-5-3-6-10-15)20-22-19(25)27-14-18-21-23-24-26(18)16-11-7-4-8-12-16/h3-12H,2,13-14H2,1H3. The highest BCUT2D eigenvalue weighted by molar-refractivity contribution is 7.98. The third-order valence-electron chi connectivity index (χ3n) is 4.18. The van der Waals surface area contributed by atoms with Crippen molar-refractivity contribution in [2.45, 2.75) is 30.8 Å². The fourth-order valence-electron chi connectivity index (χ4n) is 2.85. The average molecular weight is 377 g/mol. The Morgan fingerprint density at radius 3 is 2.33 bits per heavy atom. The molecule has 2 aromatic carbocycles. The van der Waals surface area contributed by atoms with Gasteiger partial charge >= 0.3 is 0 Å². The van der Waals surface area contributed by atoms with Crippen molar-refractivity contribution in [2.75, 3.05) is 0 Å². The Morgan fingerprint density at radius 2 is 1.59 bits per heavy atom. The van der Waals surface area contributed by atoms with Crippen LogP contribution < -0.4 is 0 Å². The van der Waals surface area contributed by atoms with Crippen LogP contribution in [0.3, 0.4) is 0 Å². The average Bonchev–Trinajstić information content (AvgIpc) is 3.34. The van der Waals surface area contributed by atoms with Crippen molar-refractivity contribution in [1.82, 2.24) is 35.0 Å². The molecule has 0 aliphatic carbocycles. The first-order valence-corrected chi connectivity index (χ1v) is 9.75. The van der Waals surface area contributed by atoms with Crippen LogP contribution in [0.5, 0.6) is 0 Å². The summed E-state index contributed by atoms with van der Waals surface area (Å²) in [6, 6.07) is 20.2. The first kappa shape index (κ1) is 17.4. The lowest BCUT2D eigenvalue weighted by molar-refractivity contribution is 0.650. The molecule has 136 valence electrons. The fraction of sp³-hybridized carbons (Fsp3) is 0.211. The zero-order chi connectivity index (χ0) is 18.5. The van der Waals surface area contributed by atoms with Crippen LogP contribution in [-0.4, -0.2) is 35.0 Å². The van der Waals surface area contributed by atoms with Gasteiger partial charge in [-0.3, -0.25) is 0 Å². The second-order valence-corrected chi connectivity index (χ2v) is 6.88. The molecule has 0 saturated heterocycles. The first-order valence-electron chi connectivity index (χ1n) is 8.76. The van der Waals surface area contributed by atoms with Gasteiger partial charge in [0.15, 0.2) is 11.0 Å². The number of hydrogen-bond acceptors (Lipinski definition) is 6. The molecule has 0 aliphatic rings. The zero-order valence-corrected chi connectivity index (χ0v) is 15.8. The Hall–Kier alpha value is -3.00. The summed E-state index contributed by atoms with van der Waals surface area (Å²) in [5.41, 5.74) is 2.17. The number of tetrazole rings is 1. The number of thioether (sulfide) groups is 1. The molecule has 0 saturated carbocycles. The molecule has 0 unspecified atom stereocenters. The van der Waals surface area contributed by atoms with Crippen LogP contribution >= 0.6 is 11.8 Å². The van der Waals surface area contributed by atoms with E-state index < -0.39 is 0 Å². The Labute approximate surface area is 161 Å². The maximum absolute atomic E-state index is 4.40. The third kappa shape index (κ3) is 3.90. The minimum absolute atomic E-state index is 0.616. The normalized spacial score (nSPS) is 11.0. The number of nitrogens with zero attached hydrogens (tertiary/aromatic N) is 7. The third-order valence-corrected chi connectivity index (χ3v) is 5.14. The van der Waals surface area contributed by atoms with E-state index in [1.54, 1.807) is 16.4 Å². The minimum Gasteiger partial charge on any atom is -0.306 e. The molecule has 0 atom stereocenters. The molecule has 0 radical (unpaired) electrons. The molecule has 2 heterocycles. The largest absolute Gasteiger partial charge is 0.306 e. The van der Waals surface area contributed by atoms with E-state index in [1.807, 2.05) is 48.5 Å². The Balaban J connectivity index is 1.51. The summed E-state index contributed by atoms with van der Waals surface area (Å²) < 4.78 is 3.90. The summed E-state index contributed by atoms with van der Waals surface area (Å²) in [4.78, 5) is 0. The van der Waals surface area contributed by atoms with Crippen molar-refractivity contribution in [3.8, 4) is 5.69 Å². The van der Waals surface area contributed by atoms with Gasteiger partial charge in [0.2, 0.25) is 0 Å². The van der Waals surface area contributed by atoms with E-state index >= 15 is 0 Å². The van der Waals surface area contributed by atoms with E-state index in [9.17, 15) is 0 Å². The van der Waals surface area contributed by atoms with Gasteiger partial charge in [-0.25, -0.2) is 0 Å². The van der Waals surface area contributed by atoms with Gasteiger partial charge in [-0.1, -0.05) is 60.3 Å². The topological polar surface area (TPSA) is 74.3 Å². The molecule has 0 aliphatic heterocycles. The lowest BCUT2D eigenvalue weighted by atomic mass is 10.1. The van der Waals surface area contributed by atoms with Gasteiger partial charge in [-0.15, -0.1) is 15.3 Å². The molecule has 7 nitrogen and oxygen atoms in total. The number of rotatable bonds is 7. The lowest BCUT2D eigenvalue weighted by Crippen LogP contribution is -2.05. The van der Waals surface area contributed by atoms with Crippen molar-refractivity contribution in [3.05, 3.63) is 77.9 Å². The monoisotopic (exact) mass is 377 g/mol. The van der Waals surface area contributed by atoms with Crippen molar-refractivity contribution in [1.29, 1.82) is 0 Å². The van der Waals surface area contributed by atoms with Crippen LogP contribution in [0.1, 0.15) is 24.1 Å². The summed E-state index contributed by atoms with van der Waals surface area (Å²) in [6.07, 6.45) is 0.768. The molecule has 8 heteroatoms. The van der Waals surface area contributed by atoms with Crippen LogP contribution in [0.2, 0.25) is 0 Å². The maximum Gasteiger partial charge on any atom is 0.191 e. The molecule has 0 bridgehead atoms. The molecule has 27 heavy (non-hydrogen) atoms. The highest BCUT2D eigenvalue weighted by atomic mass is 32.2. The van der Waals surface area contributed by atoms with Crippen molar-refractivity contribution in [3.63, 3.8) is 0 Å². The Morgan fingerprint density at radius 1 is 0.852 bits per heavy atom. The summed E-state index contributed by atoms with van der Waals surface area (Å²) in [5.74, 6) is 2.36. The van der Waals surface area contributed by atoms with Crippen LogP contribution in [0.4, 0.5) is 0 Å². The van der Waals surface area contributed by atoms with Crippen molar-refractivity contribution in [2.24, 2.45) is 0 Å². The van der Waals surface area contributed by atoms with Gasteiger partial charge in [-0.05, 0) is 35.0 Å². The SMILES string of the molecule is CCn1c(Cc2ccccc2)nnc1SCc1nnnn1-c1ccccc1. The molecule has 0 amide bonds. The van der Waals surface area contributed by atoms with Crippen LogP contribution in [-0.2, 0) is 18.7 Å². The molecular weight excluding hydrogens is 358 g/mol. The number of benzene rings is 2. The molecule has 4 rings (SSSR count). The predicted molar refractivity (Wildman–Crippen MR) is 104 cm³/mol. The zero-order valence-electron chi connectivity index (χ0n) is 14.9. The number of hydrogen-bond donors (Lipinski definition) is 0. The molecule has 0 fully saturated rings. The molecular formula is C19H19N7S. The fourth-order valence-corrected chi connectivity index (χ4v) is 3.77. The first-order chi connectivity index (χ1) is 13.3. The van der Waals surface area contributed by atoms with E-state index in [1.165, 1.54) is 5.56 Å². The maximum atomic E-state index is 4.40. The second kappa shape index (κ2) is 8.13. The molecule has 4 aromatic rings. The summed E-state index contributed by atoms with van der Waals surface area (Å²) in [6.45, 7) is 2.93. The number of aromatic nitrogens is 7. The van der Waals surface area contributed by atoms with Crippen LogP contribution in [0, 0.1) is 0 Å². The van der Waals surface area contributed by atoms with Crippen LogP contribution in [0.15, 0.2) is 65.8 Å². The van der Waals surface area contributed by atoms with E-state index in [4.69, 9.17) is 0 Å². The second-order valence-electron chi connectivity index (χ2n) is 5.94. The van der Waals surface area contributed by atoms with Crippen LogP contribution in [0.25, 0.3) is 5.69 Å². The van der Waals surface area contributed by atoms with Crippen molar-refractivity contribution < 1.29 is 0 Å². The van der Waals surface area contributed by atoms with Gasteiger partial charge < -0.3 is 4.57 Å². The highest BCUT2D eigenvalue weighted by Crippen LogP contribution is 2.23. The molecule has 2 aromatic heterocycles. The predicted octanol–water partition coefficient (Wildman–Crippen LogP) is 3.16. The smallest absolute Gasteiger partial charge is 0.191 e. The quantitative estimate of drug-likeness (QED) is 0.461. The van der Waals surface area contributed by atoms with Gasteiger partial charge in [0.25, 0.3) is 0 Å².